The SMILES string of the molecule is COc1ccc(C(=O)N/N=C\c2c(OC(=O)c3ccc(OC)c(OC)c3)ccc3ccccc23)cc1OC. The van der Waals surface area contributed by atoms with Crippen molar-refractivity contribution in [2.75, 3.05) is 28.4 Å². The van der Waals surface area contributed by atoms with Gasteiger partial charge in [0.05, 0.1) is 40.2 Å². The van der Waals surface area contributed by atoms with Gasteiger partial charge >= 0.3 is 5.97 Å². The fourth-order valence-corrected chi connectivity index (χ4v) is 3.82. The number of benzene rings is 4. The predicted molar refractivity (Wildman–Crippen MR) is 143 cm³/mol. The number of hydrazone groups is 1. The predicted octanol–water partition coefficient (Wildman–Crippen LogP) is 4.86. The molecule has 0 aliphatic rings. The largest absolute Gasteiger partial charge is 0.493 e. The lowest BCUT2D eigenvalue weighted by atomic mass is 10.0. The first-order valence-electron chi connectivity index (χ1n) is 11.5. The third-order valence-electron chi connectivity index (χ3n) is 5.76. The van der Waals surface area contributed by atoms with Gasteiger partial charge in [0.15, 0.2) is 23.0 Å². The first-order valence-corrected chi connectivity index (χ1v) is 11.5. The van der Waals surface area contributed by atoms with Gasteiger partial charge in [-0.3, -0.25) is 4.79 Å². The van der Waals surface area contributed by atoms with Gasteiger partial charge < -0.3 is 23.7 Å². The minimum absolute atomic E-state index is 0.271. The van der Waals surface area contributed by atoms with Crippen LogP contribution in [-0.2, 0) is 0 Å². The summed E-state index contributed by atoms with van der Waals surface area (Å²) in [7, 11) is 6.01. The molecule has 1 N–H and O–H groups in total. The summed E-state index contributed by atoms with van der Waals surface area (Å²) in [6.07, 6.45) is 1.44. The summed E-state index contributed by atoms with van der Waals surface area (Å²) >= 11 is 0. The van der Waals surface area contributed by atoms with Gasteiger partial charge in [-0.25, -0.2) is 10.2 Å². The standard InChI is InChI=1S/C29H26N2O7/c1-34-24-13-10-19(15-26(24)36-3)28(32)31-30-17-22-21-8-6-5-7-18(21)9-12-23(22)38-29(33)20-11-14-25(35-2)27(16-20)37-4/h5-17H,1-4H3,(H,31,32)/b30-17-. The molecule has 0 atom stereocenters. The number of ether oxygens (including phenoxy) is 5. The molecule has 38 heavy (non-hydrogen) atoms. The zero-order chi connectivity index (χ0) is 27.1. The molecule has 194 valence electrons. The Kier molecular flexibility index (Phi) is 8.07. The fraction of sp³-hybridized carbons (Fsp3) is 0.138. The summed E-state index contributed by atoms with van der Waals surface area (Å²) in [5.41, 5.74) is 3.63. The molecular weight excluding hydrogens is 488 g/mol. The second kappa shape index (κ2) is 11.8. The first-order chi connectivity index (χ1) is 18.5. The van der Waals surface area contributed by atoms with E-state index in [1.807, 2.05) is 30.3 Å². The van der Waals surface area contributed by atoms with Crippen molar-refractivity contribution in [2.45, 2.75) is 0 Å². The molecule has 9 nitrogen and oxygen atoms in total. The van der Waals surface area contributed by atoms with E-state index in [0.29, 0.717) is 34.1 Å². The molecule has 4 aromatic rings. The van der Waals surface area contributed by atoms with E-state index in [-0.39, 0.29) is 11.3 Å². The Balaban J connectivity index is 1.61. The molecule has 0 aromatic heterocycles. The van der Waals surface area contributed by atoms with Gasteiger partial charge in [-0.1, -0.05) is 30.3 Å². The zero-order valence-electron chi connectivity index (χ0n) is 21.3. The molecule has 0 aliphatic carbocycles. The fourth-order valence-electron chi connectivity index (χ4n) is 3.82. The molecule has 0 spiro atoms. The third kappa shape index (κ3) is 5.52. The lowest BCUT2D eigenvalue weighted by Gasteiger charge is -2.12. The first kappa shape index (κ1) is 26.0. The van der Waals surface area contributed by atoms with Crippen molar-refractivity contribution in [2.24, 2.45) is 5.10 Å². The number of fused-ring (bicyclic) bond motifs is 1. The normalized spacial score (nSPS) is 10.7. The number of rotatable bonds is 9. The molecule has 0 heterocycles. The number of methoxy groups -OCH3 is 4. The van der Waals surface area contributed by atoms with Crippen LogP contribution in [0.1, 0.15) is 26.3 Å². The van der Waals surface area contributed by atoms with E-state index in [4.69, 9.17) is 23.7 Å². The van der Waals surface area contributed by atoms with Gasteiger partial charge in [0.2, 0.25) is 0 Å². The molecule has 0 saturated carbocycles. The van der Waals surface area contributed by atoms with E-state index >= 15 is 0 Å². The molecule has 1 amide bonds. The van der Waals surface area contributed by atoms with Crippen molar-refractivity contribution in [1.29, 1.82) is 0 Å². The van der Waals surface area contributed by atoms with Crippen molar-refractivity contribution < 1.29 is 33.3 Å². The summed E-state index contributed by atoms with van der Waals surface area (Å²) in [5, 5.41) is 5.83. The molecular formula is C29H26N2O7. The van der Waals surface area contributed by atoms with Gasteiger partial charge in [-0.15, -0.1) is 0 Å². The summed E-state index contributed by atoms with van der Waals surface area (Å²) < 4.78 is 26.7. The number of carbonyl (C=O) groups excluding carboxylic acids is 2. The minimum Gasteiger partial charge on any atom is -0.493 e. The van der Waals surface area contributed by atoms with E-state index < -0.39 is 11.9 Å². The number of hydrogen-bond donors (Lipinski definition) is 1. The number of hydrogen-bond acceptors (Lipinski definition) is 8. The lowest BCUT2D eigenvalue weighted by Crippen LogP contribution is -2.18. The summed E-state index contributed by atoms with van der Waals surface area (Å²) in [5.74, 6) is 1.05. The second-order valence-corrected chi connectivity index (χ2v) is 7.93. The molecule has 0 bridgehead atoms. The Morgan fingerprint density at radius 2 is 1.26 bits per heavy atom. The molecule has 4 aromatic carbocycles. The van der Waals surface area contributed by atoms with Crippen LogP contribution >= 0.6 is 0 Å². The van der Waals surface area contributed by atoms with E-state index in [1.54, 1.807) is 42.5 Å². The zero-order valence-corrected chi connectivity index (χ0v) is 21.3. The maximum Gasteiger partial charge on any atom is 0.343 e. The lowest BCUT2D eigenvalue weighted by molar-refractivity contribution is 0.0734. The Labute approximate surface area is 219 Å². The number of amides is 1. The highest BCUT2D eigenvalue weighted by atomic mass is 16.5. The molecule has 0 radical (unpaired) electrons. The maximum absolute atomic E-state index is 13.0. The number of nitrogens with one attached hydrogen (secondary N) is 1. The Morgan fingerprint density at radius 1 is 0.684 bits per heavy atom. The molecule has 4 rings (SSSR count). The quantitative estimate of drug-likeness (QED) is 0.147. The summed E-state index contributed by atoms with van der Waals surface area (Å²) in [6, 6.07) is 20.6. The Hall–Kier alpha value is -5.05. The highest BCUT2D eigenvalue weighted by molar-refractivity contribution is 6.04. The monoisotopic (exact) mass is 514 g/mol. The van der Waals surface area contributed by atoms with Crippen LogP contribution in [0.4, 0.5) is 0 Å². The average Bonchev–Trinajstić information content (AvgIpc) is 2.96. The number of carbonyl (C=O) groups is 2. The molecule has 0 fully saturated rings. The maximum atomic E-state index is 13.0. The molecule has 0 unspecified atom stereocenters. The topological polar surface area (TPSA) is 105 Å². The van der Waals surface area contributed by atoms with Crippen LogP contribution in [0, 0.1) is 0 Å². The van der Waals surface area contributed by atoms with Crippen LogP contribution < -0.4 is 29.1 Å². The van der Waals surface area contributed by atoms with E-state index in [0.717, 1.165) is 10.8 Å². The van der Waals surface area contributed by atoms with Crippen molar-refractivity contribution in [1.82, 2.24) is 5.43 Å². The average molecular weight is 515 g/mol. The smallest absolute Gasteiger partial charge is 0.343 e. The van der Waals surface area contributed by atoms with Crippen molar-refractivity contribution in [3.05, 3.63) is 89.5 Å². The summed E-state index contributed by atoms with van der Waals surface area (Å²) in [4.78, 5) is 25.7. The van der Waals surface area contributed by atoms with Gasteiger partial charge in [0, 0.05) is 11.1 Å². The Morgan fingerprint density at radius 3 is 1.92 bits per heavy atom. The van der Waals surface area contributed by atoms with E-state index in [1.165, 1.54) is 34.7 Å². The van der Waals surface area contributed by atoms with E-state index in [9.17, 15) is 9.59 Å². The highest BCUT2D eigenvalue weighted by Crippen LogP contribution is 2.31. The minimum atomic E-state index is -0.592. The molecule has 9 heteroatoms. The Bertz CT molecular complexity index is 1510. The van der Waals surface area contributed by atoms with E-state index in [2.05, 4.69) is 10.5 Å². The van der Waals surface area contributed by atoms with Gasteiger partial charge in [0.1, 0.15) is 5.75 Å². The van der Waals surface area contributed by atoms with Crippen LogP contribution in [0.3, 0.4) is 0 Å². The van der Waals surface area contributed by atoms with Crippen LogP contribution in [0.2, 0.25) is 0 Å². The van der Waals surface area contributed by atoms with Crippen LogP contribution in [0.15, 0.2) is 77.9 Å². The van der Waals surface area contributed by atoms with Crippen molar-refractivity contribution in [3.63, 3.8) is 0 Å². The van der Waals surface area contributed by atoms with Gasteiger partial charge in [0.25, 0.3) is 5.91 Å². The second-order valence-electron chi connectivity index (χ2n) is 7.93. The number of nitrogens with zero attached hydrogens (tertiary/aromatic N) is 1. The van der Waals surface area contributed by atoms with Crippen LogP contribution in [0.5, 0.6) is 28.7 Å². The summed E-state index contributed by atoms with van der Waals surface area (Å²) in [6.45, 7) is 0. The molecule has 0 saturated heterocycles. The van der Waals surface area contributed by atoms with Crippen LogP contribution in [-0.4, -0.2) is 46.5 Å². The highest BCUT2D eigenvalue weighted by Gasteiger charge is 2.16. The van der Waals surface area contributed by atoms with Gasteiger partial charge in [-0.05, 0) is 53.2 Å². The van der Waals surface area contributed by atoms with Crippen LogP contribution in [0.25, 0.3) is 10.8 Å². The third-order valence-corrected chi connectivity index (χ3v) is 5.76. The molecule has 0 aliphatic heterocycles. The number of esters is 1. The van der Waals surface area contributed by atoms with Crippen molar-refractivity contribution >= 4 is 28.9 Å². The van der Waals surface area contributed by atoms with Gasteiger partial charge in [-0.2, -0.15) is 5.10 Å². The van der Waals surface area contributed by atoms with Crippen molar-refractivity contribution in [3.8, 4) is 28.7 Å².